The maximum atomic E-state index is 12.5. The zero-order chi connectivity index (χ0) is 14.7. The number of alkyl halides is 1. The third-order valence-electron chi connectivity index (χ3n) is 3.90. The van der Waals surface area contributed by atoms with Crippen LogP contribution in [0.4, 0.5) is 0 Å². The second-order valence-electron chi connectivity index (χ2n) is 5.17. The number of carbonyl (C=O) groups excluding carboxylic acids is 1. The van der Waals surface area contributed by atoms with E-state index in [2.05, 4.69) is 0 Å². The first-order chi connectivity index (χ1) is 9.54. The number of ether oxygens (including phenoxy) is 1. The molecule has 0 spiro atoms. The van der Waals surface area contributed by atoms with Crippen LogP contribution in [0.25, 0.3) is 0 Å². The number of benzene rings is 1. The van der Waals surface area contributed by atoms with Gasteiger partial charge in [-0.05, 0) is 31.0 Å². The number of carbonyl (C=O) groups is 1. The molecule has 0 aliphatic heterocycles. The molecular formula is C15H20ClNO3. The molecule has 20 heavy (non-hydrogen) atoms. The lowest BCUT2D eigenvalue weighted by Gasteiger charge is -2.35. The Morgan fingerprint density at radius 3 is 2.75 bits per heavy atom. The fourth-order valence-electron chi connectivity index (χ4n) is 2.66. The van der Waals surface area contributed by atoms with Crippen molar-refractivity contribution in [2.24, 2.45) is 0 Å². The number of nitrogens with zero attached hydrogens (tertiary/aromatic N) is 1. The van der Waals surface area contributed by atoms with Crippen LogP contribution in [0.5, 0.6) is 11.5 Å². The fraction of sp³-hybridized carbons (Fsp3) is 0.533. The van der Waals surface area contributed by atoms with E-state index in [1.165, 1.54) is 13.2 Å². The monoisotopic (exact) mass is 297 g/mol. The van der Waals surface area contributed by atoms with Gasteiger partial charge in [-0.1, -0.05) is 12.8 Å². The van der Waals surface area contributed by atoms with Crippen LogP contribution in [-0.4, -0.2) is 41.5 Å². The van der Waals surface area contributed by atoms with Gasteiger partial charge in [0.15, 0.2) is 0 Å². The average molecular weight is 298 g/mol. The molecule has 0 heterocycles. The summed E-state index contributed by atoms with van der Waals surface area (Å²) in [6.07, 6.45) is 4.02. The van der Waals surface area contributed by atoms with Crippen molar-refractivity contribution in [1.29, 1.82) is 0 Å². The minimum Gasteiger partial charge on any atom is -0.507 e. The van der Waals surface area contributed by atoms with Gasteiger partial charge in [-0.25, -0.2) is 0 Å². The lowest BCUT2D eigenvalue weighted by Crippen LogP contribution is -2.44. The van der Waals surface area contributed by atoms with E-state index in [0.29, 0.717) is 5.75 Å². The van der Waals surface area contributed by atoms with Crippen molar-refractivity contribution in [3.05, 3.63) is 23.8 Å². The van der Waals surface area contributed by atoms with E-state index in [1.54, 1.807) is 24.1 Å². The minimum atomic E-state index is -0.223. The molecule has 2 rings (SSSR count). The number of aromatic hydroxyl groups is 1. The summed E-state index contributed by atoms with van der Waals surface area (Å²) in [6, 6.07) is 4.67. The van der Waals surface area contributed by atoms with Gasteiger partial charge < -0.3 is 14.7 Å². The molecule has 1 aromatic carbocycles. The first kappa shape index (κ1) is 15.0. The van der Waals surface area contributed by atoms with Crippen LogP contribution in [-0.2, 0) is 0 Å². The summed E-state index contributed by atoms with van der Waals surface area (Å²) in [5.41, 5.74) is 0.251. The number of amides is 1. The molecule has 1 saturated carbocycles. The molecule has 1 aromatic rings. The van der Waals surface area contributed by atoms with Gasteiger partial charge in [0, 0.05) is 13.1 Å². The highest BCUT2D eigenvalue weighted by molar-refractivity contribution is 6.21. The molecule has 2 unspecified atom stereocenters. The molecule has 0 radical (unpaired) electrons. The Labute approximate surface area is 124 Å². The standard InChI is InChI=1S/C15H20ClNO3/c1-17(13-6-4-3-5-12(13)16)15(19)11-9-10(20-2)7-8-14(11)18/h7-9,12-13,18H,3-6H2,1-2H3. The van der Waals surface area contributed by atoms with E-state index in [0.717, 1.165) is 25.7 Å². The van der Waals surface area contributed by atoms with Crippen molar-refractivity contribution in [3.63, 3.8) is 0 Å². The van der Waals surface area contributed by atoms with E-state index < -0.39 is 0 Å². The number of hydrogen-bond acceptors (Lipinski definition) is 3. The van der Waals surface area contributed by atoms with E-state index in [4.69, 9.17) is 16.3 Å². The molecule has 1 N–H and O–H groups in total. The van der Waals surface area contributed by atoms with Gasteiger partial charge in [0.05, 0.1) is 18.1 Å². The van der Waals surface area contributed by atoms with Crippen LogP contribution >= 0.6 is 11.6 Å². The van der Waals surface area contributed by atoms with Crippen LogP contribution in [0.2, 0.25) is 0 Å². The van der Waals surface area contributed by atoms with E-state index in [9.17, 15) is 9.90 Å². The SMILES string of the molecule is COc1ccc(O)c(C(=O)N(C)C2CCCCC2Cl)c1. The summed E-state index contributed by atoms with van der Waals surface area (Å²) in [7, 11) is 3.27. The molecule has 1 aliphatic carbocycles. The summed E-state index contributed by atoms with van der Waals surface area (Å²) in [4.78, 5) is 14.2. The third kappa shape index (κ3) is 3.01. The zero-order valence-electron chi connectivity index (χ0n) is 11.8. The Balaban J connectivity index is 2.21. The van der Waals surface area contributed by atoms with Crippen molar-refractivity contribution < 1.29 is 14.6 Å². The molecule has 110 valence electrons. The van der Waals surface area contributed by atoms with E-state index >= 15 is 0 Å². The molecule has 5 heteroatoms. The highest BCUT2D eigenvalue weighted by Crippen LogP contribution is 2.30. The highest BCUT2D eigenvalue weighted by Gasteiger charge is 2.30. The Morgan fingerprint density at radius 2 is 2.10 bits per heavy atom. The average Bonchev–Trinajstić information content (AvgIpc) is 2.47. The molecule has 0 saturated heterocycles. The lowest BCUT2D eigenvalue weighted by molar-refractivity contribution is 0.0697. The number of rotatable bonds is 3. The predicted octanol–water partition coefficient (Wildman–Crippen LogP) is 3.02. The Hall–Kier alpha value is -1.42. The van der Waals surface area contributed by atoms with Gasteiger partial charge in [-0.3, -0.25) is 4.79 Å². The summed E-state index contributed by atoms with van der Waals surface area (Å²) in [5, 5.41) is 9.86. The van der Waals surface area contributed by atoms with Crippen molar-refractivity contribution in [1.82, 2.24) is 4.90 Å². The molecule has 1 aliphatic rings. The first-order valence-corrected chi connectivity index (χ1v) is 7.26. The first-order valence-electron chi connectivity index (χ1n) is 6.83. The minimum absolute atomic E-state index is 0.0171. The van der Waals surface area contributed by atoms with Crippen molar-refractivity contribution >= 4 is 17.5 Å². The molecule has 2 atom stereocenters. The summed E-state index contributed by atoms with van der Waals surface area (Å²) in [5.74, 6) is 0.286. The summed E-state index contributed by atoms with van der Waals surface area (Å²) < 4.78 is 5.10. The topological polar surface area (TPSA) is 49.8 Å². The van der Waals surface area contributed by atoms with Crippen molar-refractivity contribution in [2.45, 2.75) is 37.1 Å². The predicted molar refractivity (Wildman–Crippen MR) is 78.6 cm³/mol. The Kier molecular flexibility index (Phi) is 4.76. The smallest absolute Gasteiger partial charge is 0.257 e. The van der Waals surface area contributed by atoms with Gasteiger partial charge >= 0.3 is 0 Å². The van der Waals surface area contributed by atoms with Crippen LogP contribution in [0.1, 0.15) is 36.0 Å². The van der Waals surface area contributed by atoms with E-state index in [1.807, 2.05) is 0 Å². The van der Waals surface area contributed by atoms with Gasteiger partial charge in [0.25, 0.3) is 5.91 Å². The van der Waals surface area contributed by atoms with Gasteiger partial charge in [0.2, 0.25) is 0 Å². The molecule has 0 aromatic heterocycles. The maximum absolute atomic E-state index is 12.5. The molecule has 0 bridgehead atoms. The number of hydrogen-bond donors (Lipinski definition) is 1. The number of phenols is 1. The van der Waals surface area contributed by atoms with Crippen LogP contribution in [0.3, 0.4) is 0 Å². The molecule has 4 nitrogen and oxygen atoms in total. The highest BCUT2D eigenvalue weighted by atomic mass is 35.5. The quantitative estimate of drug-likeness (QED) is 0.873. The maximum Gasteiger partial charge on any atom is 0.257 e. The number of halogens is 1. The van der Waals surface area contributed by atoms with Gasteiger partial charge in [-0.15, -0.1) is 11.6 Å². The zero-order valence-corrected chi connectivity index (χ0v) is 12.6. The lowest BCUT2D eigenvalue weighted by atomic mass is 9.93. The van der Waals surface area contributed by atoms with Crippen LogP contribution < -0.4 is 4.74 Å². The van der Waals surface area contributed by atoms with Gasteiger partial charge in [0.1, 0.15) is 11.5 Å². The van der Waals surface area contributed by atoms with Crippen LogP contribution in [0.15, 0.2) is 18.2 Å². The Bertz CT molecular complexity index is 492. The summed E-state index contributed by atoms with van der Waals surface area (Å²) >= 11 is 6.33. The fourth-order valence-corrected chi connectivity index (χ4v) is 3.11. The molecule has 1 fully saturated rings. The number of methoxy groups -OCH3 is 1. The second-order valence-corrected chi connectivity index (χ2v) is 5.73. The Morgan fingerprint density at radius 1 is 1.40 bits per heavy atom. The normalized spacial score (nSPS) is 22.4. The number of phenolic OH excluding ortho intramolecular Hbond substituents is 1. The van der Waals surface area contributed by atoms with Crippen molar-refractivity contribution in [2.75, 3.05) is 14.2 Å². The van der Waals surface area contributed by atoms with E-state index in [-0.39, 0.29) is 28.6 Å². The molecule has 1 amide bonds. The van der Waals surface area contributed by atoms with Gasteiger partial charge in [-0.2, -0.15) is 0 Å². The second kappa shape index (κ2) is 6.35. The largest absolute Gasteiger partial charge is 0.507 e. The third-order valence-corrected chi connectivity index (χ3v) is 4.41. The van der Waals surface area contributed by atoms with Crippen molar-refractivity contribution in [3.8, 4) is 11.5 Å². The summed E-state index contributed by atoms with van der Waals surface area (Å²) in [6.45, 7) is 0. The van der Waals surface area contributed by atoms with Crippen LogP contribution in [0, 0.1) is 0 Å². The molecular weight excluding hydrogens is 278 g/mol.